The Morgan fingerprint density at radius 3 is 2.84 bits per heavy atom. The van der Waals surface area contributed by atoms with Gasteiger partial charge in [-0.2, -0.15) is 0 Å². The molecule has 2 aliphatic rings. The smallest absolute Gasteiger partial charge is 0.268 e. The summed E-state index contributed by atoms with van der Waals surface area (Å²) in [6.07, 6.45) is 8.43. The number of fused-ring (bicyclic) bond motifs is 1. The Bertz CT molecular complexity index is 1150. The van der Waals surface area contributed by atoms with Crippen LogP contribution in [0, 0.1) is 5.92 Å². The third-order valence-electron chi connectivity index (χ3n) is 6.08. The molecule has 10 heteroatoms. The van der Waals surface area contributed by atoms with Crippen LogP contribution in [0.4, 0.5) is 5.82 Å². The lowest BCUT2D eigenvalue weighted by Gasteiger charge is -2.19. The fourth-order valence-corrected chi connectivity index (χ4v) is 5.65. The van der Waals surface area contributed by atoms with Gasteiger partial charge in [-0.15, -0.1) is 0 Å². The zero-order valence-electron chi connectivity index (χ0n) is 17.5. The van der Waals surface area contributed by atoms with E-state index >= 15 is 0 Å². The van der Waals surface area contributed by atoms with Gasteiger partial charge in [0.2, 0.25) is 5.09 Å². The van der Waals surface area contributed by atoms with E-state index < -0.39 is 6.29 Å². The lowest BCUT2D eigenvalue weighted by molar-refractivity contribution is -0.0278. The first-order valence-corrected chi connectivity index (χ1v) is 12.4. The molecule has 4 N–H and O–H groups in total. The van der Waals surface area contributed by atoms with E-state index in [9.17, 15) is 0 Å². The number of halogens is 1. The van der Waals surface area contributed by atoms with Gasteiger partial charge in [-0.05, 0) is 43.0 Å². The van der Waals surface area contributed by atoms with Crippen molar-refractivity contribution in [3.05, 3.63) is 52.0 Å². The van der Waals surface area contributed by atoms with Crippen LogP contribution in [0.5, 0.6) is 0 Å². The van der Waals surface area contributed by atoms with Crippen molar-refractivity contribution in [2.24, 2.45) is 11.7 Å². The molecule has 0 amide bonds. The summed E-state index contributed by atoms with van der Waals surface area (Å²) in [5.41, 5.74) is 14.8. The summed E-state index contributed by atoms with van der Waals surface area (Å²) in [6.45, 7) is 0.703. The second kappa shape index (κ2) is 9.29. The molecule has 3 aromatic rings. The number of hydrogen-bond donors (Lipinski definition) is 2. The molecule has 2 unspecified atom stereocenters. The van der Waals surface area contributed by atoms with Crippen LogP contribution in [-0.2, 0) is 16.0 Å². The molecule has 0 radical (unpaired) electrons. The zero-order chi connectivity index (χ0) is 22.1. The maximum Gasteiger partial charge on any atom is 0.268 e. The number of hydrogen-bond acceptors (Lipinski definition) is 8. The number of nitrogen functional groups attached to an aromatic ring is 1. The number of ether oxygens (including phenoxy) is 2. The molecule has 3 heterocycles. The molecule has 5 rings (SSSR count). The highest BCUT2D eigenvalue weighted by Gasteiger charge is 2.27. The van der Waals surface area contributed by atoms with Crippen LogP contribution in [0.25, 0.3) is 11.2 Å². The summed E-state index contributed by atoms with van der Waals surface area (Å²) in [5.74, 6) is 0.958. The number of aryl methyl sites for hydroxylation is 1. The number of thioether (sulfide) groups is 1. The van der Waals surface area contributed by atoms with E-state index in [4.69, 9.17) is 25.9 Å². The maximum absolute atomic E-state index is 6.52. The van der Waals surface area contributed by atoms with Crippen LogP contribution < -0.4 is 11.5 Å². The summed E-state index contributed by atoms with van der Waals surface area (Å²) in [4.78, 5) is 13.3. The van der Waals surface area contributed by atoms with Crippen LogP contribution in [0.2, 0.25) is 0 Å². The molecule has 0 spiro atoms. The molecule has 2 aromatic heterocycles. The van der Waals surface area contributed by atoms with Gasteiger partial charge in [-0.25, -0.2) is 15.0 Å². The largest absolute Gasteiger partial charge is 0.454 e. The number of nitrogens with zero attached hydrogens (tertiary/aromatic N) is 4. The molecule has 1 saturated carbocycles. The highest BCUT2D eigenvalue weighted by Crippen LogP contribution is 2.40. The van der Waals surface area contributed by atoms with Crippen molar-refractivity contribution in [3.63, 3.8) is 0 Å². The predicted molar refractivity (Wildman–Crippen MR) is 127 cm³/mol. The number of imidazole rings is 1. The second-order valence-electron chi connectivity index (χ2n) is 8.12. The number of nitrogens with two attached hydrogens (primary N) is 2. The SMILES string of the molecule is Nc1ncnc2c1nc(SC1=COC(c3ccccc3Br)O1)n2CCC(N)C1CCCC1. The Kier molecular flexibility index (Phi) is 6.25. The molecule has 0 saturated heterocycles. The molecule has 0 bridgehead atoms. The lowest BCUT2D eigenvalue weighted by Crippen LogP contribution is -2.29. The van der Waals surface area contributed by atoms with E-state index in [-0.39, 0.29) is 6.04 Å². The monoisotopic (exact) mass is 516 g/mol. The van der Waals surface area contributed by atoms with Gasteiger partial charge in [0.1, 0.15) is 12.6 Å². The molecule has 8 nitrogen and oxygen atoms in total. The van der Waals surface area contributed by atoms with Gasteiger partial charge in [0.05, 0.1) is 0 Å². The molecule has 1 aliphatic heterocycles. The predicted octanol–water partition coefficient (Wildman–Crippen LogP) is 4.72. The molecule has 168 valence electrons. The van der Waals surface area contributed by atoms with E-state index in [1.807, 2.05) is 24.3 Å². The molecule has 1 aromatic carbocycles. The van der Waals surface area contributed by atoms with E-state index in [1.165, 1.54) is 43.8 Å². The van der Waals surface area contributed by atoms with E-state index in [1.54, 1.807) is 6.26 Å². The van der Waals surface area contributed by atoms with Crippen molar-refractivity contribution in [1.29, 1.82) is 0 Å². The van der Waals surface area contributed by atoms with Gasteiger partial charge >= 0.3 is 0 Å². The van der Waals surface area contributed by atoms with Crippen molar-refractivity contribution in [2.75, 3.05) is 5.73 Å². The normalized spacial score (nSPS) is 19.7. The average Bonchev–Trinajstić information content (AvgIpc) is 3.54. The second-order valence-corrected chi connectivity index (χ2v) is 9.95. The van der Waals surface area contributed by atoms with Gasteiger partial charge in [0.25, 0.3) is 6.29 Å². The maximum atomic E-state index is 6.52. The van der Waals surface area contributed by atoms with Gasteiger partial charge in [-0.3, -0.25) is 0 Å². The fourth-order valence-electron chi connectivity index (χ4n) is 4.33. The highest BCUT2D eigenvalue weighted by atomic mass is 79.9. The van der Waals surface area contributed by atoms with Crippen molar-refractivity contribution < 1.29 is 9.47 Å². The van der Waals surface area contributed by atoms with E-state index in [0.29, 0.717) is 34.5 Å². The third kappa shape index (κ3) is 4.31. The van der Waals surface area contributed by atoms with Crippen molar-refractivity contribution in [3.8, 4) is 0 Å². The number of rotatable bonds is 7. The standard InChI is InChI=1S/C22H25BrN6O2S/c23-15-8-4-3-7-14(15)21-30-11-17(31-21)32-22-28-18-19(25)26-12-27-20(18)29(22)10-9-16(24)13-5-1-2-6-13/h3-4,7-8,11-13,16,21H,1-2,5-6,9-10,24H2,(H2,25,26,27). The molecule has 1 aliphatic carbocycles. The summed E-state index contributed by atoms with van der Waals surface area (Å²) in [6, 6.07) is 7.99. The number of aromatic nitrogens is 4. The lowest BCUT2D eigenvalue weighted by atomic mass is 9.96. The van der Waals surface area contributed by atoms with Gasteiger partial charge in [0, 0.05) is 22.6 Å². The summed E-state index contributed by atoms with van der Waals surface area (Å²) in [5, 5.41) is 1.35. The Balaban J connectivity index is 1.35. The van der Waals surface area contributed by atoms with Crippen LogP contribution >= 0.6 is 27.7 Å². The first-order valence-electron chi connectivity index (χ1n) is 10.8. The van der Waals surface area contributed by atoms with E-state index in [0.717, 1.165) is 21.6 Å². The fraction of sp³-hybridized carbons (Fsp3) is 0.409. The van der Waals surface area contributed by atoms with Crippen molar-refractivity contribution >= 4 is 44.7 Å². The number of anilines is 1. The summed E-state index contributed by atoms with van der Waals surface area (Å²) in [7, 11) is 0. The van der Waals surface area contributed by atoms with Gasteiger partial charge in [0.15, 0.2) is 22.1 Å². The Morgan fingerprint density at radius 2 is 2.03 bits per heavy atom. The third-order valence-corrected chi connectivity index (χ3v) is 7.69. The molecule has 1 fully saturated rings. The minimum atomic E-state index is -0.508. The molecular weight excluding hydrogens is 492 g/mol. The van der Waals surface area contributed by atoms with Crippen LogP contribution in [0.3, 0.4) is 0 Å². The molecule has 32 heavy (non-hydrogen) atoms. The van der Waals surface area contributed by atoms with Crippen LogP contribution in [-0.4, -0.2) is 25.6 Å². The molecule has 2 atom stereocenters. The zero-order valence-corrected chi connectivity index (χ0v) is 19.9. The van der Waals surface area contributed by atoms with E-state index in [2.05, 4.69) is 30.5 Å². The number of benzene rings is 1. The van der Waals surface area contributed by atoms with Gasteiger partial charge < -0.3 is 25.5 Å². The van der Waals surface area contributed by atoms with Crippen LogP contribution in [0.1, 0.15) is 44.0 Å². The Hall–Kier alpha value is -2.30. The van der Waals surface area contributed by atoms with Crippen molar-refractivity contribution in [1.82, 2.24) is 19.5 Å². The summed E-state index contributed by atoms with van der Waals surface area (Å²) < 4.78 is 14.8. The van der Waals surface area contributed by atoms with Crippen LogP contribution in [0.15, 0.2) is 51.6 Å². The quantitative estimate of drug-likeness (QED) is 0.463. The van der Waals surface area contributed by atoms with Gasteiger partial charge in [-0.1, -0.05) is 47.0 Å². The average molecular weight is 517 g/mol. The van der Waals surface area contributed by atoms with Crippen molar-refractivity contribution in [2.45, 2.75) is 56.1 Å². The first kappa shape index (κ1) is 21.5. The topological polar surface area (TPSA) is 114 Å². The minimum absolute atomic E-state index is 0.164. The Labute approximate surface area is 198 Å². The highest BCUT2D eigenvalue weighted by molar-refractivity contribution is 9.10. The molecular formula is C22H25BrN6O2S. The minimum Gasteiger partial charge on any atom is -0.454 e. The first-order chi connectivity index (χ1) is 15.6. The Morgan fingerprint density at radius 1 is 1.22 bits per heavy atom. The summed E-state index contributed by atoms with van der Waals surface area (Å²) >= 11 is 4.94.